The fraction of sp³-hybridized carbons (Fsp3) is 0.211. The fourth-order valence-electron chi connectivity index (χ4n) is 3.70. The molecule has 1 aliphatic heterocycles. The van der Waals surface area contributed by atoms with Crippen molar-refractivity contribution >= 4 is 24.6 Å². The summed E-state index contributed by atoms with van der Waals surface area (Å²) in [6, 6.07) is 7.56. The summed E-state index contributed by atoms with van der Waals surface area (Å²) in [6.45, 7) is 0.738. The number of aromatic nitrogens is 1. The van der Waals surface area contributed by atoms with Crippen molar-refractivity contribution in [2.75, 3.05) is 13.6 Å². The first-order valence-corrected chi connectivity index (χ1v) is 10.4. The average Bonchev–Trinajstić information content (AvgIpc) is 2.90. The Morgan fingerprint density at radius 3 is 2.79 bits per heavy atom. The number of nitrogens with one attached hydrogen (secondary N) is 3. The number of phosphoric acid groups is 1. The van der Waals surface area contributed by atoms with Crippen LogP contribution in [0.15, 0.2) is 30.3 Å². The summed E-state index contributed by atoms with van der Waals surface area (Å²) in [5.74, 6) is -0.822. The number of carbonyl (C=O) groups is 1. The van der Waals surface area contributed by atoms with Gasteiger partial charge in [-0.1, -0.05) is 12.1 Å². The first kappa shape index (κ1) is 19.6. The number of carbonyl (C=O) groups excluding carboxylic acids is 1. The zero-order valence-electron chi connectivity index (χ0n) is 15.5. The largest absolute Gasteiger partial charge is 0.524 e. The molecular formula is C19H19FN3O5P. The fourth-order valence-corrected chi connectivity index (χ4v) is 4.12. The number of aromatic amines is 1. The quantitative estimate of drug-likeness (QED) is 0.405. The Kier molecular flexibility index (Phi) is 4.92. The van der Waals surface area contributed by atoms with Crippen molar-refractivity contribution in [1.82, 2.24) is 15.6 Å². The number of benzene rings is 2. The van der Waals surface area contributed by atoms with E-state index in [2.05, 4.69) is 15.6 Å². The van der Waals surface area contributed by atoms with Gasteiger partial charge in [-0.05, 0) is 37.2 Å². The van der Waals surface area contributed by atoms with Crippen molar-refractivity contribution in [2.45, 2.75) is 13.0 Å². The number of hydrogen-bond acceptors (Lipinski definition) is 4. The predicted molar refractivity (Wildman–Crippen MR) is 105 cm³/mol. The standard InChI is InChI=1S/C19H19FN3O5P/c1-21-9-11-3-2-10(6-16(11)28-29(25,26)27)18-13-4-5-22-19(24)14-7-12(20)8-15(23-18)17(13)14/h2-3,6-8,21,23H,4-5,9H2,1H3,(H,22,24)(H2,25,26,27). The maximum Gasteiger partial charge on any atom is 0.524 e. The maximum atomic E-state index is 14.0. The number of amides is 1. The molecule has 0 spiro atoms. The van der Waals surface area contributed by atoms with Crippen LogP contribution in [-0.2, 0) is 17.5 Å². The molecule has 1 amide bonds. The molecule has 5 N–H and O–H groups in total. The van der Waals surface area contributed by atoms with Crippen LogP contribution >= 0.6 is 7.82 Å². The highest BCUT2D eigenvalue weighted by atomic mass is 31.2. The molecule has 152 valence electrons. The van der Waals surface area contributed by atoms with Crippen LogP contribution in [-0.4, -0.2) is 34.3 Å². The van der Waals surface area contributed by atoms with Gasteiger partial charge in [0.15, 0.2) is 0 Å². The lowest BCUT2D eigenvalue weighted by Gasteiger charge is -2.14. The van der Waals surface area contributed by atoms with Crippen LogP contribution in [0.3, 0.4) is 0 Å². The highest BCUT2D eigenvalue weighted by molar-refractivity contribution is 7.46. The monoisotopic (exact) mass is 419 g/mol. The van der Waals surface area contributed by atoms with Gasteiger partial charge in [-0.2, -0.15) is 0 Å². The Morgan fingerprint density at radius 1 is 1.28 bits per heavy atom. The van der Waals surface area contributed by atoms with Crippen molar-refractivity contribution in [3.05, 3.63) is 52.8 Å². The molecule has 1 aromatic heterocycles. The highest BCUT2D eigenvalue weighted by Crippen LogP contribution is 2.42. The van der Waals surface area contributed by atoms with E-state index < -0.39 is 13.6 Å². The molecule has 8 nitrogen and oxygen atoms in total. The zero-order valence-corrected chi connectivity index (χ0v) is 16.3. The first-order valence-electron chi connectivity index (χ1n) is 8.92. The van der Waals surface area contributed by atoms with E-state index in [0.29, 0.717) is 47.2 Å². The zero-order chi connectivity index (χ0) is 20.8. The lowest BCUT2D eigenvalue weighted by Crippen LogP contribution is -2.23. The Balaban J connectivity index is 1.92. The van der Waals surface area contributed by atoms with E-state index >= 15 is 0 Å². The molecule has 0 unspecified atom stereocenters. The molecule has 0 aliphatic carbocycles. The number of rotatable bonds is 5. The second-order valence-corrected chi connectivity index (χ2v) is 7.96. The molecule has 0 fully saturated rings. The SMILES string of the molecule is CNCc1ccc(-c2[nH]c3cc(F)cc4c3c2CCNC4=O)cc1OP(=O)(O)O. The summed E-state index contributed by atoms with van der Waals surface area (Å²) >= 11 is 0. The summed E-state index contributed by atoms with van der Waals surface area (Å²) in [5.41, 5.74) is 3.41. The van der Waals surface area contributed by atoms with E-state index in [4.69, 9.17) is 4.52 Å². The van der Waals surface area contributed by atoms with E-state index in [1.807, 2.05) is 0 Å². The smallest absolute Gasteiger partial charge is 0.404 e. The van der Waals surface area contributed by atoms with E-state index in [1.54, 1.807) is 19.2 Å². The molecular weight excluding hydrogens is 400 g/mol. The van der Waals surface area contributed by atoms with Gasteiger partial charge in [-0.15, -0.1) is 0 Å². The van der Waals surface area contributed by atoms with Crippen LogP contribution in [0.1, 0.15) is 21.5 Å². The number of H-pyrrole nitrogens is 1. The summed E-state index contributed by atoms with van der Waals surface area (Å²) in [5, 5.41) is 6.32. The van der Waals surface area contributed by atoms with Crippen molar-refractivity contribution in [2.24, 2.45) is 0 Å². The van der Waals surface area contributed by atoms with Gasteiger partial charge in [0, 0.05) is 40.8 Å². The number of hydrogen-bond donors (Lipinski definition) is 5. The first-order chi connectivity index (χ1) is 13.8. The van der Waals surface area contributed by atoms with Crippen molar-refractivity contribution in [3.63, 3.8) is 0 Å². The van der Waals surface area contributed by atoms with Crippen molar-refractivity contribution < 1.29 is 28.1 Å². The minimum absolute atomic E-state index is 0.0465. The van der Waals surface area contributed by atoms with Crippen LogP contribution in [0.4, 0.5) is 4.39 Å². The van der Waals surface area contributed by atoms with Gasteiger partial charge in [0.2, 0.25) is 0 Å². The Morgan fingerprint density at radius 2 is 2.07 bits per heavy atom. The molecule has 0 atom stereocenters. The number of phosphoric ester groups is 1. The van der Waals surface area contributed by atoms with Gasteiger partial charge in [0.1, 0.15) is 11.6 Å². The van der Waals surface area contributed by atoms with Crippen LogP contribution in [0.2, 0.25) is 0 Å². The molecule has 2 aromatic carbocycles. The van der Waals surface area contributed by atoms with Crippen molar-refractivity contribution in [3.8, 4) is 17.0 Å². The van der Waals surface area contributed by atoms with Crippen LogP contribution < -0.4 is 15.2 Å². The molecule has 0 bridgehead atoms. The van der Waals surface area contributed by atoms with Crippen LogP contribution in [0.25, 0.3) is 22.2 Å². The van der Waals surface area contributed by atoms with Gasteiger partial charge in [-0.25, -0.2) is 8.96 Å². The summed E-state index contributed by atoms with van der Waals surface area (Å²) in [6.07, 6.45) is 0.520. The van der Waals surface area contributed by atoms with Gasteiger partial charge in [-0.3, -0.25) is 14.6 Å². The minimum atomic E-state index is -4.76. The molecule has 0 radical (unpaired) electrons. The molecule has 3 aromatic rings. The second kappa shape index (κ2) is 7.27. The maximum absolute atomic E-state index is 14.0. The van der Waals surface area contributed by atoms with Gasteiger partial charge in [0.05, 0.1) is 5.56 Å². The third kappa shape index (κ3) is 3.77. The highest BCUT2D eigenvalue weighted by Gasteiger charge is 2.25. The summed E-state index contributed by atoms with van der Waals surface area (Å²) in [7, 11) is -3.05. The minimum Gasteiger partial charge on any atom is -0.404 e. The summed E-state index contributed by atoms with van der Waals surface area (Å²) < 4.78 is 30.3. The lowest BCUT2D eigenvalue weighted by molar-refractivity contribution is 0.0956. The molecule has 4 rings (SSSR count). The van der Waals surface area contributed by atoms with E-state index in [9.17, 15) is 23.5 Å². The Labute approximate surface area is 165 Å². The van der Waals surface area contributed by atoms with Gasteiger partial charge >= 0.3 is 7.82 Å². The third-order valence-corrected chi connectivity index (χ3v) is 5.25. The lowest BCUT2D eigenvalue weighted by atomic mass is 9.99. The molecule has 2 heterocycles. The van der Waals surface area contributed by atoms with Crippen LogP contribution in [0, 0.1) is 5.82 Å². The third-order valence-electron chi connectivity index (χ3n) is 4.81. The Hall–Kier alpha value is -2.71. The average molecular weight is 419 g/mol. The van der Waals surface area contributed by atoms with E-state index in [0.717, 1.165) is 5.56 Å². The molecule has 29 heavy (non-hydrogen) atoms. The Bertz CT molecular complexity index is 1170. The van der Waals surface area contributed by atoms with E-state index in [-0.39, 0.29) is 17.2 Å². The summed E-state index contributed by atoms with van der Waals surface area (Å²) in [4.78, 5) is 34.0. The van der Waals surface area contributed by atoms with E-state index in [1.165, 1.54) is 18.2 Å². The predicted octanol–water partition coefficient (Wildman–Crippen LogP) is 2.45. The molecule has 1 aliphatic rings. The van der Waals surface area contributed by atoms with Gasteiger partial charge in [0.25, 0.3) is 5.91 Å². The van der Waals surface area contributed by atoms with Crippen molar-refractivity contribution in [1.29, 1.82) is 0 Å². The van der Waals surface area contributed by atoms with Gasteiger partial charge < -0.3 is 20.1 Å². The molecule has 0 saturated heterocycles. The molecule has 10 heteroatoms. The topological polar surface area (TPSA) is 124 Å². The van der Waals surface area contributed by atoms with Crippen LogP contribution in [0.5, 0.6) is 5.75 Å². The number of halogens is 1. The normalized spacial score (nSPS) is 14.0. The second-order valence-electron chi connectivity index (χ2n) is 6.80. The molecule has 0 saturated carbocycles.